The molecular formula is C26H28N4O. The van der Waals surface area contributed by atoms with Crippen LogP contribution in [0.25, 0.3) is 22.5 Å². The lowest BCUT2D eigenvalue weighted by Gasteiger charge is -2.35. The molecule has 3 aromatic rings. The number of carbonyl (C=O) groups is 1. The third-order valence-electron chi connectivity index (χ3n) is 6.67. The van der Waals surface area contributed by atoms with Gasteiger partial charge in [-0.25, -0.2) is 9.97 Å². The minimum Gasteiger partial charge on any atom is -0.342 e. The summed E-state index contributed by atoms with van der Waals surface area (Å²) in [6.07, 6.45) is 12.1. The van der Waals surface area contributed by atoms with Crippen molar-refractivity contribution in [2.24, 2.45) is 5.92 Å². The van der Waals surface area contributed by atoms with Crippen molar-refractivity contribution in [3.05, 3.63) is 66.7 Å². The average Bonchev–Trinajstić information content (AvgIpc) is 3.39. The number of aromatic nitrogens is 3. The summed E-state index contributed by atoms with van der Waals surface area (Å²) >= 11 is 0. The molecular weight excluding hydrogens is 384 g/mol. The third kappa shape index (κ3) is 4.22. The lowest BCUT2D eigenvalue weighted by Crippen LogP contribution is -2.42. The number of carbonyl (C=O) groups excluding carboxylic acids is 1. The van der Waals surface area contributed by atoms with Crippen LogP contribution in [0, 0.1) is 5.92 Å². The van der Waals surface area contributed by atoms with E-state index in [1.807, 2.05) is 48.7 Å². The fourth-order valence-corrected chi connectivity index (χ4v) is 5.02. The maximum absolute atomic E-state index is 13.1. The molecule has 1 saturated carbocycles. The Hall–Kier alpha value is -3.08. The molecule has 1 saturated heterocycles. The van der Waals surface area contributed by atoms with Crippen molar-refractivity contribution in [3.8, 4) is 22.5 Å². The molecule has 5 heteroatoms. The van der Waals surface area contributed by atoms with Gasteiger partial charge < -0.3 is 4.90 Å². The second-order valence-electron chi connectivity index (χ2n) is 8.70. The highest BCUT2D eigenvalue weighted by molar-refractivity contribution is 5.79. The molecule has 1 aliphatic heterocycles. The molecule has 0 N–H and O–H groups in total. The molecule has 158 valence electrons. The Bertz CT molecular complexity index is 1030. The quantitative estimate of drug-likeness (QED) is 0.598. The van der Waals surface area contributed by atoms with Crippen LogP contribution in [0.5, 0.6) is 0 Å². The molecule has 0 radical (unpaired) electrons. The Kier molecular flexibility index (Phi) is 5.74. The van der Waals surface area contributed by atoms with Crippen LogP contribution in [0.3, 0.4) is 0 Å². The van der Waals surface area contributed by atoms with Gasteiger partial charge in [0.05, 0.1) is 5.69 Å². The first-order chi connectivity index (χ1) is 15.3. The second-order valence-corrected chi connectivity index (χ2v) is 8.70. The van der Waals surface area contributed by atoms with E-state index in [1.165, 1.54) is 12.8 Å². The number of likely N-dealkylation sites (tertiary alicyclic amines) is 1. The SMILES string of the molecule is O=C(C1CCCC1)N1CCCC(c2nc(-c3ccccc3)ncc2-c2ccncc2)C1. The van der Waals surface area contributed by atoms with E-state index in [9.17, 15) is 4.79 Å². The molecule has 1 aromatic carbocycles. The van der Waals surface area contributed by atoms with Gasteiger partial charge in [0.15, 0.2) is 5.82 Å². The van der Waals surface area contributed by atoms with Crippen molar-refractivity contribution < 1.29 is 4.79 Å². The van der Waals surface area contributed by atoms with Crippen molar-refractivity contribution in [1.82, 2.24) is 19.9 Å². The number of pyridine rings is 1. The predicted molar refractivity (Wildman–Crippen MR) is 121 cm³/mol. The van der Waals surface area contributed by atoms with E-state index >= 15 is 0 Å². The summed E-state index contributed by atoms with van der Waals surface area (Å²) in [5.41, 5.74) is 4.18. The molecule has 2 aliphatic rings. The zero-order chi connectivity index (χ0) is 21.0. The first kappa shape index (κ1) is 19.9. The van der Waals surface area contributed by atoms with E-state index in [0.29, 0.717) is 5.91 Å². The Morgan fingerprint density at radius 3 is 2.45 bits per heavy atom. The highest BCUT2D eigenvalue weighted by Gasteiger charge is 2.32. The number of benzene rings is 1. The van der Waals surface area contributed by atoms with Crippen molar-refractivity contribution in [1.29, 1.82) is 0 Å². The van der Waals surface area contributed by atoms with E-state index in [2.05, 4.69) is 14.9 Å². The normalized spacial score (nSPS) is 19.5. The highest BCUT2D eigenvalue weighted by atomic mass is 16.2. The zero-order valence-electron chi connectivity index (χ0n) is 17.8. The van der Waals surface area contributed by atoms with E-state index in [-0.39, 0.29) is 11.8 Å². The summed E-state index contributed by atoms with van der Waals surface area (Å²) in [6.45, 7) is 1.62. The minimum atomic E-state index is 0.215. The molecule has 2 aromatic heterocycles. The van der Waals surface area contributed by atoms with E-state index in [0.717, 1.165) is 67.0 Å². The van der Waals surface area contributed by atoms with E-state index in [1.54, 1.807) is 12.4 Å². The second kappa shape index (κ2) is 8.96. The van der Waals surface area contributed by atoms with Gasteiger partial charge in [0, 0.05) is 54.6 Å². The maximum atomic E-state index is 13.1. The summed E-state index contributed by atoms with van der Waals surface area (Å²) in [5, 5.41) is 0. The third-order valence-corrected chi connectivity index (χ3v) is 6.67. The average molecular weight is 413 g/mol. The van der Waals surface area contributed by atoms with Crippen molar-refractivity contribution in [2.75, 3.05) is 13.1 Å². The molecule has 1 atom stereocenters. The van der Waals surface area contributed by atoms with Crippen molar-refractivity contribution in [3.63, 3.8) is 0 Å². The van der Waals surface area contributed by atoms with E-state index in [4.69, 9.17) is 4.98 Å². The largest absolute Gasteiger partial charge is 0.342 e. The molecule has 3 heterocycles. The smallest absolute Gasteiger partial charge is 0.225 e. The van der Waals surface area contributed by atoms with Crippen molar-refractivity contribution >= 4 is 5.91 Å². The van der Waals surface area contributed by atoms with Gasteiger partial charge >= 0.3 is 0 Å². The molecule has 1 aliphatic carbocycles. The van der Waals surface area contributed by atoms with Gasteiger partial charge in [-0.2, -0.15) is 0 Å². The van der Waals surface area contributed by atoms with Crippen LogP contribution in [0.1, 0.15) is 50.1 Å². The minimum absolute atomic E-state index is 0.215. The molecule has 2 fully saturated rings. The number of hydrogen-bond acceptors (Lipinski definition) is 4. The fraction of sp³-hybridized carbons (Fsp3) is 0.385. The molecule has 1 unspecified atom stereocenters. The molecule has 0 bridgehead atoms. The summed E-state index contributed by atoms with van der Waals surface area (Å²) in [4.78, 5) is 29.1. The number of hydrogen-bond donors (Lipinski definition) is 0. The summed E-state index contributed by atoms with van der Waals surface area (Å²) < 4.78 is 0. The lowest BCUT2D eigenvalue weighted by molar-refractivity contribution is -0.136. The van der Waals surface area contributed by atoms with Gasteiger partial charge in [-0.3, -0.25) is 9.78 Å². The standard InChI is InChI=1S/C26H28N4O/c31-26(21-9-4-5-10-21)30-16-6-11-22(18-30)24-23(19-12-14-27-15-13-19)17-28-25(29-24)20-7-2-1-3-8-20/h1-3,7-8,12-15,17,21-22H,4-6,9-11,16,18H2. The van der Waals surface area contributed by atoms with Crippen LogP contribution >= 0.6 is 0 Å². The number of amides is 1. The Labute approximate surface area is 183 Å². The van der Waals surface area contributed by atoms with Gasteiger partial charge in [0.25, 0.3) is 0 Å². The number of rotatable bonds is 4. The zero-order valence-corrected chi connectivity index (χ0v) is 17.8. The van der Waals surface area contributed by atoms with Crippen LogP contribution < -0.4 is 0 Å². The Balaban J connectivity index is 1.50. The van der Waals surface area contributed by atoms with Crippen LogP contribution in [0.2, 0.25) is 0 Å². The summed E-state index contributed by atoms with van der Waals surface area (Å²) in [5.74, 6) is 1.54. The van der Waals surface area contributed by atoms with E-state index < -0.39 is 0 Å². The van der Waals surface area contributed by atoms with Gasteiger partial charge in [-0.05, 0) is 43.4 Å². The van der Waals surface area contributed by atoms with Crippen LogP contribution in [0.15, 0.2) is 61.1 Å². The van der Waals surface area contributed by atoms with Crippen LogP contribution in [0.4, 0.5) is 0 Å². The van der Waals surface area contributed by atoms with Gasteiger partial charge in [-0.15, -0.1) is 0 Å². The number of nitrogens with zero attached hydrogens (tertiary/aromatic N) is 4. The number of piperidine rings is 1. The summed E-state index contributed by atoms with van der Waals surface area (Å²) in [6, 6.07) is 14.1. The fourth-order valence-electron chi connectivity index (χ4n) is 5.02. The van der Waals surface area contributed by atoms with Gasteiger partial charge in [0.2, 0.25) is 5.91 Å². The van der Waals surface area contributed by atoms with Crippen LogP contribution in [-0.4, -0.2) is 38.8 Å². The first-order valence-electron chi connectivity index (χ1n) is 11.4. The van der Waals surface area contributed by atoms with Gasteiger partial charge in [-0.1, -0.05) is 43.2 Å². The molecule has 0 spiro atoms. The Morgan fingerprint density at radius 2 is 1.68 bits per heavy atom. The monoisotopic (exact) mass is 412 g/mol. The van der Waals surface area contributed by atoms with Gasteiger partial charge in [0.1, 0.15) is 0 Å². The topological polar surface area (TPSA) is 59.0 Å². The Morgan fingerprint density at radius 1 is 0.903 bits per heavy atom. The molecule has 5 rings (SSSR count). The predicted octanol–water partition coefficient (Wildman–Crippen LogP) is 5.10. The van der Waals surface area contributed by atoms with Crippen molar-refractivity contribution in [2.45, 2.75) is 44.4 Å². The summed E-state index contributed by atoms with van der Waals surface area (Å²) in [7, 11) is 0. The molecule has 31 heavy (non-hydrogen) atoms. The molecule has 1 amide bonds. The first-order valence-corrected chi connectivity index (χ1v) is 11.4. The molecule has 5 nitrogen and oxygen atoms in total. The highest BCUT2D eigenvalue weighted by Crippen LogP contribution is 2.35. The lowest BCUT2D eigenvalue weighted by atomic mass is 9.89. The maximum Gasteiger partial charge on any atom is 0.225 e. The van der Waals surface area contributed by atoms with Crippen LogP contribution in [-0.2, 0) is 4.79 Å².